The molecular weight excluding hydrogens is 1110 g/mol. The zero-order valence-corrected chi connectivity index (χ0v) is 48.9. The number of thiol groups is 1. The van der Waals surface area contributed by atoms with E-state index in [0.29, 0.717) is 45.4 Å². The molecule has 2 rings (SSSR count). The number of nitrogens with one attached hydrogen (secondary N) is 4. The molecule has 454 valence electrons. The Bertz CT molecular complexity index is 2040. The van der Waals surface area contributed by atoms with Gasteiger partial charge in [-0.05, 0) is 32.1 Å². The summed E-state index contributed by atoms with van der Waals surface area (Å²) in [7, 11) is 0. The third-order valence-electron chi connectivity index (χ3n) is 12.7. The minimum Gasteiger partial charge on any atom is -0.396 e. The highest BCUT2D eigenvalue weighted by Gasteiger charge is 2.41. The molecule has 2 aliphatic heterocycles. The number of hydrogen-bond donors (Lipinski definition) is 8. The first kappa shape index (κ1) is 71.6. The largest absolute Gasteiger partial charge is 0.396 e. The molecule has 0 aromatic heterocycles. The summed E-state index contributed by atoms with van der Waals surface area (Å²) in [5.74, 6) is -5.97. The van der Waals surface area contributed by atoms with Gasteiger partial charge in [-0.15, -0.1) is 23.5 Å². The number of aliphatic hydroxyl groups is 2. The Balaban J connectivity index is 1.88. The molecule has 28 heteroatoms. The Labute approximate surface area is 482 Å². The van der Waals surface area contributed by atoms with Crippen molar-refractivity contribution in [1.82, 2.24) is 31.1 Å². The number of hydrogen-bond acceptors (Lipinski definition) is 21. The Kier molecular flexibility index (Phi) is 37.1. The van der Waals surface area contributed by atoms with Gasteiger partial charge >= 0.3 is 0 Å². The average molecular weight is 1190 g/mol. The SMILES string of the molecule is CCCN1C(=O)CC(SCC(NC(=O)C(CCCCCC(=O)CCC(COCCOCCOCCO)OCCNC(=O)C(CS)CC(=O)CCN2C(=O)CC(SCC(NC(C)=O)C(=O)CCCO)C2=O)NC(=O)CC)C(N)=O)C1=O. The first-order valence-electron chi connectivity index (χ1n) is 27.4. The van der Waals surface area contributed by atoms with E-state index >= 15 is 0 Å². The van der Waals surface area contributed by atoms with E-state index < -0.39 is 76.1 Å². The monoisotopic (exact) mass is 1190 g/mol. The summed E-state index contributed by atoms with van der Waals surface area (Å²) in [5, 5.41) is 27.0. The number of nitrogens with zero attached hydrogens (tertiary/aromatic N) is 2. The van der Waals surface area contributed by atoms with Crippen LogP contribution in [0.1, 0.15) is 117 Å². The quantitative estimate of drug-likeness (QED) is 0.0218. The lowest BCUT2D eigenvalue weighted by atomic mass is 10.0. The smallest absolute Gasteiger partial charge is 0.243 e. The van der Waals surface area contributed by atoms with E-state index in [-0.39, 0.29) is 182 Å². The van der Waals surface area contributed by atoms with Crippen molar-refractivity contribution < 1.29 is 86.7 Å². The van der Waals surface area contributed by atoms with E-state index in [1.165, 1.54) is 11.8 Å². The number of ketones is 3. The van der Waals surface area contributed by atoms with Crippen LogP contribution in [0.15, 0.2) is 0 Å². The molecule has 2 aliphatic rings. The van der Waals surface area contributed by atoms with Gasteiger partial charge in [0.2, 0.25) is 53.2 Å². The Morgan fingerprint density at radius 3 is 1.89 bits per heavy atom. The molecule has 0 saturated carbocycles. The Morgan fingerprint density at radius 1 is 0.675 bits per heavy atom. The summed E-state index contributed by atoms with van der Waals surface area (Å²) in [6.07, 6.45) is 2.16. The van der Waals surface area contributed by atoms with Crippen molar-refractivity contribution in [2.24, 2.45) is 11.7 Å². The van der Waals surface area contributed by atoms with Gasteiger partial charge in [-0.3, -0.25) is 67.3 Å². The number of unbranched alkanes of at least 4 members (excludes halogenated alkanes) is 2. The first-order valence-corrected chi connectivity index (χ1v) is 30.1. The van der Waals surface area contributed by atoms with Crippen molar-refractivity contribution in [3.8, 4) is 0 Å². The molecule has 80 heavy (non-hydrogen) atoms. The topological polar surface area (TPSA) is 363 Å². The van der Waals surface area contributed by atoms with Crippen LogP contribution in [-0.2, 0) is 76.5 Å². The molecule has 0 spiro atoms. The van der Waals surface area contributed by atoms with Gasteiger partial charge in [0.15, 0.2) is 5.78 Å². The van der Waals surface area contributed by atoms with Gasteiger partial charge in [0.1, 0.15) is 23.7 Å². The van der Waals surface area contributed by atoms with E-state index in [2.05, 4.69) is 33.9 Å². The van der Waals surface area contributed by atoms with E-state index in [1.807, 2.05) is 6.92 Å². The van der Waals surface area contributed by atoms with Gasteiger partial charge in [0, 0.05) is 102 Å². The molecular formula is C52H85N7O18S3. The Morgan fingerprint density at radius 2 is 1.30 bits per heavy atom. The number of Topliss-reactive ketones (excluding diaryl/α,β-unsaturated/α-hetero) is 3. The maximum absolute atomic E-state index is 13.4. The number of nitrogens with two attached hydrogens (primary N) is 1. The fraction of sp³-hybridized carbons (Fsp3) is 0.769. The number of likely N-dealkylation sites (tertiary alicyclic amines) is 2. The van der Waals surface area contributed by atoms with Crippen LogP contribution >= 0.6 is 36.2 Å². The normalized spacial score (nSPS) is 17.2. The van der Waals surface area contributed by atoms with Crippen molar-refractivity contribution in [3.63, 3.8) is 0 Å². The highest BCUT2D eigenvalue weighted by Crippen LogP contribution is 2.28. The lowest BCUT2D eigenvalue weighted by Gasteiger charge is -2.22. The molecule has 0 aliphatic carbocycles. The number of carbonyl (C=O) groups is 12. The van der Waals surface area contributed by atoms with Crippen molar-refractivity contribution in [2.45, 2.75) is 152 Å². The standard InChI is InChI=1S/C52H85N7O18S3/c1-4-17-58-46(67)28-43(51(58)72)80-33-41(48(53)69)57-50(71)39(56-45(66)5-2)11-8-6-7-10-36(63)13-14-38(30-76-26-25-75-24-23-74-22-20-61)77-21-16-54-49(70)35(31-78)27-37(64)15-18-59-47(68)29-44(52(59)73)79-32-40(55-34(3)62)42(65)12-9-19-60/h35,38-41,43-44,60-61,78H,4-33H2,1-3H3,(H2,53,69)(H,54,70)(H,55,62)(H,56,66)(H,57,71). The van der Waals surface area contributed by atoms with Gasteiger partial charge in [0.25, 0.3) is 0 Å². The van der Waals surface area contributed by atoms with Crippen LogP contribution < -0.4 is 27.0 Å². The minimum absolute atomic E-state index is 0.0185. The number of primary amides is 1. The van der Waals surface area contributed by atoms with Gasteiger partial charge in [0.05, 0.1) is 81.4 Å². The third-order valence-corrected chi connectivity index (χ3v) is 15.7. The van der Waals surface area contributed by atoms with Crippen LogP contribution in [0.3, 0.4) is 0 Å². The maximum Gasteiger partial charge on any atom is 0.243 e. The summed E-state index contributed by atoms with van der Waals surface area (Å²) in [5.41, 5.74) is 5.60. The highest BCUT2D eigenvalue weighted by molar-refractivity contribution is 8.01. The molecule has 0 aromatic carbocycles. The van der Waals surface area contributed by atoms with E-state index in [9.17, 15) is 57.5 Å². The number of rotatable bonds is 48. The second kappa shape index (κ2) is 41.4. The van der Waals surface area contributed by atoms with Crippen LogP contribution in [0.4, 0.5) is 0 Å². The zero-order chi connectivity index (χ0) is 59.4. The molecule has 9 amide bonds. The number of aliphatic hydroxyl groups excluding tert-OH is 2. The van der Waals surface area contributed by atoms with E-state index in [4.69, 9.17) is 34.9 Å². The molecule has 2 saturated heterocycles. The number of amides is 9. The third kappa shape index (κ3) is 28.4. The lowest BCUT2D eigenvalue weighted by Crippen LogP contribution is -2.54. The van der Waals surface area contributed by atoms with Gasteiger partial charge in [-0.2, -0.15) is 12.6 Å². The predicted molar refractivity (Wildman–Crippen MR) is 299 cm³/mol. The molecule has 7 atom stereocenters. The zero-order valence-electron chi connectivity index (χ0n) is 46.4. The van der Waals surface area contributed by atoms with Crippen LogP contribution in [0, 0.1) is 5.92 Å². The molecule has 0 bridgehead atoms. The second-order valence-corrected chi connectivity index (χ2v) is 22.0. The van der Waals surface area contributed by atoms with Gasteiger partial charge in [-0.25, -0.2) is 0 Å². The maximum atomic E-state index is 13.4. The fourth-order valence-corrected chi connectivity index (χ4v) is 11.0. The summed E-state index contributed by atoms with van der Waals surface area (Å²) in [4.78, 5) is 155. The number of thioether (sulfide) groups is 2. The fourth-order valence-electron chi connectivity index (χ4n) is 8.23. The van der Waals surface area contributed by atoms with Gasteiger partial charge in [-0.1, -0.05) is 26.7 Å². The minimum atomic E-state index is -1.17. The molecule has 25 nitrogen and oxygen atoms in total. The van der Waals surface area contributed by atoms with Crippen molar-refractivity contribution in [1.29, 1.82) is 0 Å². The van der Waals surface area contributed by atoms with Gasteiger partial charge < -0.3 is 56.2 Å². The summed E-state index contributed by atoms with van der Waals surface area (Å²) < 4.78 is 22.5. The van der Waals surface area contributed by atoms with Crippen LogP contribution in [0.5, 0.6) is 0 Å². The van der Waals surface area contributed by atoms with Crippen LogP contribution in [-0.4, -0.2) is 222 Å². The number of ether oxygens (including phenoxy) is 4. The van der Waals surface area contributed by atoms with Crippen LogP contribution in [0.2, 0.25) is 0 Å². The lowest BCUT2D eigenvalue weighted by molar-refractivity contribution is -0.140. The van der Waals surface area contributed by atoms with E-state index in [1.54, 1.807) is 6.92 Å². The van der Waals surface area contributed by atoms with Crippen molar-refractivity contribution in [2.75, 3.05) is 96.4 Å². The molecule has 2 fully saturated rings. The van der Waals surface area contributed by atoms with Crippen LogP contribution in [0.25, 0.3) is 0 Å². The summed E-state index contributed by atoms with van der Waals surface area (Å²) in [6, 6.07) is -3.07. The highest BCUT2D eigenvalue weighted by atomic mass is 32.2. The first-order chi connectivity index (χ1) is 38.3. The molecule has 2 heterocycles. The second-order valence-electron chi connectivity index (χ2n) is 19.2. The number of carbonyl (C=O) groups excluding carboxylic acids is 12. The van der Waals surface area contributed by atoms with Crippen molar-refractivity contribution in [3.05, 3.63) is 0 Å². The van der Waals surface area contributed by atoms with Crippen molar-refractivity contribution >= 4 is 107 Å². The molecule has 7 unspecified atom stereocenters. The average Bonchev–Trinajstić information content (AvgIpc) is 3.86. The number of imide groups is 2. The Hall–Kier alpha value is -4.55. The predicted octanol–water partition coefficient (Wildman–Crippen LogP) is -0.432. The molecule has 0 aromatic rings. The summed E-state index contributed by atoms with van der Waals surface area (Å²) >= 11 is 6.39. The van der Waals surface area contributed by atoms with E-state index in [0.717, 1.165) is 28.4 Å². The molecule has 0 radical (unpaired) electrons. The molecule has 8 N–H and O–H groups in total. The summed E-state index contributed by atoms with van der Waals surface area (Å²) in [6.45, 7) is 5.94.